The van der Waals surface area contributed by atoms with Gasteiger partial charge in [-0.1, -0.05) is 11.6 Å². The molecule has 0 saturated carbocycles. The molecule has 1 atom stereocenters. The molecular formula is C14H14BrClN2O2. The van der Waals surface area contributed by atoms with Gasteiger partial charge in [-0.15, -0.1) is 0 Å². The molecule has 4 nitrogen and oxygen atoms in total. The van der Waals surface area contributed by atoms with Crippen molar-refractivity contribution in [3.63, 3.8) is 0 Å². The van der Waals surface area contributed by atoms with Crippen LogP contribution in [0.15, 0.2) is 10.5 Å². The molecule has 106 valence electrons. The molecule has 0 fully saturated rings. The van der Waals surface area contributed by atoms with Crippen LogP contribution in [0.1, 0.15) is 28.0 Å². The second-order valence-corrected chi connectivity index (χ2v) is 6.41. The lowest BCUT2D eigenvalue weighted by Crippen LogP contribution is -2.16. The van der Waals surface area contributed by atoms with Gasteiger partial charge in [-0.25, -0.2) is 0 Å². The number of aliphatic hydroxyl groups is 1. The number of nitrogens with one attached hydrogen (secondary N) is 1. The van der Waals surface area contributed by atoms with Crippen LogP contribution in [0.4, 0.5) is 0 Å². The maximum atomic E-state index is 11.6. The molecule has 0 saturated heterocycles. The third-order valence-electron chi connectivity index (χ3n) is 3.98. The molecule has 0 aliphatic heterocycles. The number of aryl methyl sites for hydroxylation is 1. The van der Waals surface area contributed by atoms with Crippen LogP contribution in [0.25, 0.3) is 10.9 Å². The van der Waals surface area contributed by atoms with E-state index in [1.54, 1.807) is 6.07 Å². The van der Waals surface area contributed by atoms with Crippen LogP contribution in [-0.4, -0.2) is 22.6 Å². The van der Waals surface area contributed by atoms with Gasteiger partial charge in [-0.3, -0.25) is 4.79 Å². The summed E-state index contributed by atoms with van der Waals surface area (Å²) in [5, 5.41) is 10.7. The molecule has 1 aromatic heterocycles. The number of benzene rings is 1. The summed E-state index contributed by atoms with van der Waals surface area (Å²) in [7, 11) is 0. The average molecular weight is 358 g/mol. The molecule has 0 spiro atoms. The highest BCUT2D eigenvalue weighted by atomic mass is 79.9. The number of H-pyrrole nitrogens is 1. The lowest BCUT2D eigenvalue weighted by Gasteiger charge is -2.20. The maximum absolute atomic E-state index is 11.6. The number of hydrogen-bond donors (Lipinski definition) is 3. The first-order valence-corrected chi connectivity index (χ1v) is 7.62. The van der Waals surface area contributed by atoms with Crippen LogP contribution in [0.3, 0.4) is 0 Å². The van der Waals surface area contributed by atoms with Crippen molar-refractivity contribution in [1.82, 2.24) is 4.98 Å². The summed E-state index contributed by atoms with van der Waals surface area (Å²) >= 11 is 9.68. The van der Waals surface area contributed by atoms with Crippen LogP contribution < -0.4 is 5.73 Å². The predicted molar refractivity (Wildman–Crippen MR) is 82.1 cm³/mol. The first-order chi connectivity index (χ1) is 9.52. The molecular weight excluding hydrogens is 344 g/mol. The van der Waals surface area contributed by atoms with E-state index in [2.05, 4.69) is 20.9 Å². The lowest BCUT2D eigenvalue weighted by molar-refractivity contribution is 0.100. The van der Waals surface area contributed by atoms with Gasteiger partial charge in [0.1, 0.15) is 0 Å². The van der Waals surface area contributed by atoms with Crippen molar-refractivity contribution in [2.24, 2.45) is 11.7 Å². The van der Waals surface area contributed by atoms with E-state index in [1.165, 1.54) is 5.56 Å². The van der Waals surface area contributed by atoms with Gasteiger partial charge < -0.3 is 15.8 Å². The standard InChI is InChI=1S/C14H14BrClN2O2/c15-12-9(16)4-8(14(17)20)13-11(12)7-2-1-6(5-19)3-10(7)18-13/h4,6,18-19H,1-3,5H2,(H2,17,20). The first kappa shape index (κ1) is 13.9. The molecule has 20 heavy (non-hydrogen) atoms. The Morgan fingerprint density at radius 2 is 2.35 bits per heavy atom. The highest BCUT2D eigenvalue weighted by Gasteiger charge is 2.26. The van der Waals surface area contributed by atoms with Crippen molar-refractivity contribution in [3.05, 3.63) is 32.4 Å². The van der Waals surface area contributed by atoms with E-state index in [9.17, 15) is 9.90 Å². The lowest BCUT2D eigenvalue weighted by atomic mass is 9.87. The SMILES string of the molecule is NC(=O)c1cc(Cl)c(Br)c2c3c([nH]c12)CC(CO)CC3. The molecule has 6 heteroatoms. The van der Waals surface area contributed by atoms with Crippen molar-refractivity contribution in [3.8, 4) is 0 Å². The number of primary amides is 1. The smallest absolute Gasteiger partial charge is 0.250 e. The van der Waals surface area contributed by atoms with Crippen LogP contribution in [-0.2, 0) is 12.8 Å². The molecule has 3 rings (SSSR count). The minimum atomic E-state index is -0.498. The second-order valence-electron chi connectivity index (χ2n) is 5.21. The maximum Gasteiger partial charge on any atom is 0.250 e. The zero-order valence-corrected chi connectivity index (χ0v) is 13.0. The summed E-state index contributed by atoms with van der Waals surface area (Å²) in [4.78, 5) is 14.9. The molecule has 0 radical (unpaired) electrons. The van der Waals surface area contributed by atoms with Gasteiger partial charge in [-0.2, -0.15) is 0 Å². The minimum Gasteiger partial charge on any atom is -0.396 e. The third-order valence-corrected chi connectivity index (χ3v) is 5.33. The van der Waals surface area contributed by atoms with Gasteiger partial charge in [0.05, 0.1) is 16.1 Å². The normalized spacial score (nSPS) is 18.2. The van der Waals surface area contributed by atoms with Gasteiger partial charge in [0.25, 0.3) is 5.91 Å². The Labute approximate surface area is 129 Å². The summed E-state index contributed by atoms with van der Waals surface area (Å²) in [5.74, 6) is -0.233. The summed E-state index contributed by atoms with van der Waals surface area (Å²) in [6.45, 7) is 0.180. The molecule has 1 aromatic carbocycles. The Kier molecular flexibility index (Phi) is 3.52. The largest absolute Gasteiger partial charge is 0.396 e. The van der Waals surface area contributed by atoms with Gasteiger partial charge in [0.15, 0.2) is 0 Å². The molecule has 2 aromatic rings. The van der Waals surface area contributed by atoms with Crippen molar-refractivity contribution >= 4 is 44.3 Å². The Morgan fingerprint density at radius 1 is 1.60 bits per heavy atom. The predicted octanol–water partition coefficient (Wildman–Crippen LogP) is 2.78. The van der Waals surface area contributed by atoms with Crippen molar-refractivity contribution in [1.29, 1.82) is 0 Å². The Balaban J connectivity index is 2.29. The summed E-state index contributed by atoms with van der Waals surface area (Å²) in [6.07, 6.45) is 2.57. The van der Waals surface area contributed by atoms with E-state index < -0.39 is 5.91 Å². The van der Waals surface area contributed by atoms with Crippen LogP contribution in [0.5, 0.6) is 0 Å². The molecule has 1 amide bonds. The number of aliphatic hydroxyl groups excluding tert-OH is 1. The number of nitrogens with two attached hydrogens (primary N) is 1. The molecule has 1 aliphatic rings. The topological polar surface area (TPSA) is 79.1 Å². The highest BCUT2D eigenvalue weighted by Crippen LogP contribution is 2.40. The Morgan fingerprint density at radius 3 is 3.00 bits per heavy atom. The van der Waals surface area contributed by atoms with E-state index in [4.69, 9.17) is 17.3 Å². The number of amides is 1. The zero-order chi connectivity index (χ0) is 14.4. The third kappa shape index (κ3) is 2.05. The Hall–Kier alpha value is -1.04. The molecule has 4 N–H and O–H groups in total. The average Bonchev–Trinajstić information content (AvgIpc) is 2.80. The number of aromatic amines is 1. The number of halogens is 2. The fraction of sp³-hybridized carbons (Fsp3) is 0.357. The highest BCUT2D eigenvalue weighted by molar-refractivity contribution is 9.10. The number of carbonyl (C=O) groups is 1. The summed E-state index contributed by atoms with van der Waals surface area (Å²) in [6, 6.07) is 1.59. The van der Waals surface area contributed by atoms with Crippen molar-refractivity contribution in [2.45, 2.75) is 19.3 Å². The van der Waals surface area contributed by atoms with Gasteiger partial charge in [0.2, 0.25) is 0 Å². The Bertz CT molecular complexity index is 711. The van der Waals surface area contributed by atoms with Crippen molar-refractivity contribution in [2.75, 3.05) is 6.61 Å². The van der Waals surface area contributed by atoms with Gasteiger partial charge >= 0.3 is 0 Å². The monoisotopic (exact) mass is 356 g/mol. The minimum absolute atomic E-state index is 0.180. The van der Waals surface area contributed by atoms with E-state index >= 15 is 0 Å². The number of aromatic nitrogens is 1. The molecule has 1 unspecified atom stereocenters. The zero-order valence-electron chi connectivity index (χ0n) is 10.7. The fourth-order valence-electron chi connectivity index (χ4n) is 2.96. The molecule has 1 aliphatic carbocycles. The fourth-order valence-corrected chi connectivity index (χ4v) is 3.71. The number of fused-ring (bicyclic) bond motifs is 3. The molecule has 1 heterocycles. The number of rotatable bonds is 2. The van der Waals surface area contributed by atoms with E-state index in [0.717, 1.165) is 40.3 Å². The quantitative estimate of drug-likeness (QED) is 0.772. The van der Waals surface area contributed by atoms with E-state index in [0.29, 0.717) is 10.6 Å². The van der Waals surface area contributed by atoms with E-state index in [1.807, 2.05) is 0 Å². The summed E-state index contributed by atoms with van der Waals surface area (Å²) < 4.78 is 0.791. The molecule has 0 bridgehead atoms. The van der Waals surface area contributed by atoms with Crippen LogP contribution in [0.2, 0.25) is 5.02 Å². The first-order valence-electron chi connectivity index (χ1n) is 6.45. The number of carbonyl (C=O) groups excluding carboxylic acids is 1. The second kappa shape index (κ2) is 5.06. The van der Waals surface area contributed by atoms with Crippen LogP contribution >= 0.6 is 27.5 Å². The van der Waals surface area contributed by atoms with Gasteiger partial charge in [-0.05, 0) is 52.7 Å². The van der Waals surface area contributed by atoms with E-state index in [-0.39, 0.29) is 12.5 Å². The number of hydrogen-bond acceptors (Lipinski definition) is 2. The summed E-state index contributed by atoms with van der Waals surface area (Å²) in [5.41, 5.74) is 8.81. The van der Waals surface area contributed by atoms with Crippen molar-refractivity contribution < 1.29 is 9.90 Å². The van der Waals surface area contributed by atoms with Gasteiger partial charge in [0, 0.05) is 22.2 Å². The van der Waals surface area contributed by atoms with Crippen LogP contribution in [0, 0.1) is 5.92 Å².